The second-order valence-electron chi connectivity index (χ2n) is 3.64. The maximum atomic E-state index is 5.37. The number of aromatic amines is 1. The molecule has 2 N–H and O–H groups in total. The highest BCUT2D eigenvalue weighted by atomic mass is 16.3. The molecular formula is C12H11N5O. The van der Waals surface area contributed by atoms with E-state index in [-0.39, 0.29) is 0 Å². The first-order chi connectivity index (χ1) is 8.88. The van der Waals surface area contributed by atoms with Crippen molar-refractivity contribution in [3.05, 3.63) is 37.4 Å². The lowest BCUT2D eigenvalue weighted by molar-refractivity contribution is 0.580. The molecule has 3 rings (SSSR count). The first-order valence-corrected chi connectivity index (χ1v) is 5.48. The van der Waals surface area contributed by atoms with E-state index < -0.39 is 0 Å². The molecular weight excluding hydrogens is 230 g/mol. The van der Waals surface area contributed by atoms with E-state index in [1.54, 1.807) is 18.7 Å². The van der Waals surface area contributed by atoms with Gasteiger partial charge in [-0.2, -0.15) is 4.98 Å². The van der Waals surface area contributed by atoms with Crippen LogP contribution in [0.2, 0.25) is 0 Å². The van der Waals surface area contributed by atoms with Gasteiger partial charge >= 0.3 is 0 Å². The van der Waals surface area contributed by atoms with Crippen LogP contribution in [0.4, 0.5) is 5.95 Å². The Labute approximate surface area is 103 Å². The minimum atomic E-state index is 0.501. The molecule has 6 nitrogen and oxygen atoms in total. The van der Waals surface area contributed by atoms with Gasteiger partial charge in [-0.25, -0.2) is 9.97 Å². The van der Waals surface area contributed by atoms with E-state index >= 15 is 0 Å². The van der Waals surface area contributed by atoms with Gasteiger partial charge in [0.1, 0.15) is 11.2 Å². The molecule has 0 aliphatic carbocycles. The SMILES string of the molecule is C=CCNc1nc(-c2ccco2)c2[nH]cnc2n1. The Morgan fingerprint density at radius 2 is 2.39 bits per heavy atom. The fraction of sp³-hybridized carbons (Fsp3) is 0.0833. The highest BCUT2D eigenvalue weighted by molar-refractivity contribution is 5.86. The molecule has 0 amide bonds. The average Bonchev–Trinajstić information content (AvgIpc) is 3.05. The van der Waals surface area contributed by atoms with E-state index in [0.717, 1.165) is 5.52 Å². The first kappa shape index (κ1) is 10.5. The third kappa shape index (κ3) is 1.73. The molecule has 0 spiro atoms. The van der Waals surface area contributed by atoms with Crippen LogP contribution in [0.5, 0.6) is 0 Å². The van der Waals surface area contributed by atoms with Crippen molar-refractivity contribution in [2.24, 2.45) is 0 Å². The Bertz CT molecular complexity index is 671. The van der Waals surface area contributed by atoms with E-state index in [9.17, 15) is 0 Å². The second-order valence-corrected chi connectivity index (χ2v) is 3.64. The summed E-state index contributed by atoms with van der Waals surface area (Å²) in [5, 5.41) is 3.04. The highest BCUT2D eigenvalue weighted by Gasteiger charge is 2.13. The summed E-state index contributed by atoms with van der Waals surface area (Å²) < 4.78 is 5.37. The monoisotopic (exact) mass is 241 g/mol. The Morgan fingerprint density at radius 1 is 1.44 bits per heavy atom. The molecule has 0 aliphatic rings. The van der Waals surface area contributed by atoms with Gasteiger partial charge in [0.15, 0.2) is 11.4 Å². The van der Waals surface area contributed by atoms with Crippen LogP contribution >= 0.6 is 0 Å². The molecule has 0 aliphatic heterocycles. The molecule has 0 fully saturated rings. The number of H-pyrrole nitrogens is 1. The summed E-state index contributed by atoms with van der Waals surface area (Å²) in [7, 11) is 0. The Hall–Kier alpha value is -2.63. The number of nitrogens with one attached hydrogen (secondary N) is 2. The van der Waals surface area contributed by atoms with Crippen molar-refractivity contribution in [3.8, 4) is 11.5 Å². The minimum absolute atomic E-state index is 0.501. The Kier molecular flexibility index (Phi) is 2.53. The number of rotatable bonds is 4. The zero-order chi connectivity index (χ0) is 12.4. The van der Waals surface area contributed by atoms with Gasteiger partial charge in [0.2, 0.25) is 5.95 Å². The van der Waals surface area contributed by atoms with Gasteiger partial charge in [0, 0.05) is 6.54 Å². The zero-order valence-corrected chi connectivity index (χ0v) is 9.55. The highest BCUT2D eigenvalue weighted by Crippen LogP contribution is 2.25. The molecule has 0 saturated heterocycles. The molecule has 0 unspecified atom stereocenters. The van der Waals surface area contributed by atoms with Crippen LogP contribution in [-0.4, -0.2) is 26.5 Å². The maximum absolute atomic E-state index is 5.37. The predicted molar refractivity (Wildman–Crippen MR) is 68.1 cm³/mol. The van der Waals surface area contributed by atoms with Crippen molar-refractivity contribution in [2.75, 3.05) is 11.9 Å². The minimum Gasteiger partial charge on any atom is -0.463 e. The molecule has 6 heteroatoms. The lowest BCUT2D eigenvalue weighted by atomic mass is 10.3. The van der Waals surface area contributed by atoms with Gasteiger partial charge in [-0.1, -0.05) is 6.08 Å². The third-order valence-electron chi connectivity index (χ3n) is 2.44. The largest absolute Gasteiger partial charge is 0.463 e. The third-order valence-corrected chi connectivity index (χ3v) is 2.44. The van der Waals surface area contributed by atoms with E-state index in [4.69, 9.17) is 4.42 Å². The number of aromatic nitrogens is 4. The van der Waals surface area contributed by atoms with E-state index in [0.29, 0.717) is 29.6 Å². The molecule has 0 aromatic carbocycles. The summed E-state index contributed by atoms with van der Waals surface area (Å²) in [6.07, 6.45) is 4.93. The van der Waals surface area contributed by atoms with Crippen molar-refractivity contribution in [1.82, 2.24) is 19.9 Å². The summed E-state index contributed by atoms with van der Waals surface area (Å²) in [4.78, 5) is 15.9. The van der Waals surface area contributed by atoms with Gasteiger partial charge in [-0.05, 0) is 12.1 Å². The molecule has 3 aromatic rings. The maximum Gasteiger partial charge on any atom is 0.225 e. The number of fused-ring (bicyclic) bond motifs is 1. The smallest absolute Gasteiger partial charge is 0.225 e. The van der Waals surface area contributed by atoms with Gasteiger partial charge in [0.25, 0.3) is 0 Å². The zero-order valence-electron chi connectivity index (χ0n) is 9.55. The van der Waals surface area contributed by atoms with E-state index in [1.165, 1.54) is 0 Å². The molecule has 3 aromatic heterocycles. The fourth-order valence-electron chi connectivity index (χ4n) is 1.67. The summed E-state index contributed by atoms with van der Waals surface area (Å²) in [6.45, 7) is 4.23. The van der Waals surface area contributed by atoms with Crippen LogP contribution in [0.1, 0.15) is 0 Å². The Balaban J connectivity index is 2.15. The lowest BCUT2D eigenvalue weighted by Gasteiger charge is -2.04. The number of imidazole rings is 1. The lowest BCUT2D eigenvalue weighted by Crippen LogP contribution is -2.04. The van der Waals surface area contributed by atoms with Crippen LogP contribution in [0.3, 0.4) is 0 Å². The predicted octanol–water partition coefficient (Wildman–Crippen LogP) is 2.21. The first-order valence-electron chi connectivity index (χ1n) is 5.48. The molecule has 18 heavy (non-hydrogen) atoms. The molecule has 0 radical (unpaired) electrons. The summed E-state index contributed by atoms with van der Waals surface area (Å²) in [6, 6.07) is 3.66. The van der Waals surface area contributed by atoms with Crippen molar-refractivity contribution >= 4 is 17.1 Å². The molecule has 3 heterocycles. The van der Waals surface area contributed by atoms with Crippen LogP contribution in [0.25, 0.3) is 22.6 Å². The van der Waals surface area contributed by atoms with Crippen LogP contribution in [0.15, 0.2) is 41.8 Å². The summed E-state index contributed by atoms with van der Waals surface area (Å²) >= 11 is 0. The molecule has 0 saturated carbocycles. The van der Waals surface area contributed by atoms with Crippen LogP contribution < -0.4 is 5.32 Å². The average molecular weight is 241 g/mol. The standard InChI is InChI=1S/C12H11N5O/c1-2-5-13-12-16-9(8-4-3-6-18-8)10-11(17-12)15-7-14-10/h2-4,6-7H,1,5H2,(H2,13,14,15,16,17). The Morgan fingerprint density at radius 3 is 3.17 bits per heavy atom. The van der Waals surface area contributed by atoms with E-state index in [1.807, 2.05) is 12.1 Å². The fourth-order valence-corrected chi connectivity index (χ4v) is 1.67. The number of anilines is 1. The number of hydrogen-bond donors (Lipinski definition) is 2. The quantitative estimate of drug-likeness (QED) is 0.684. The number of furan rings is 1. The molecule has 0 bridgehead atoms. The second kappa shape index (κ2) is 4.33. The molecule has 90 valence electrons. The summed E-state index contributed by atoms with van der Waals surface area (Å²) in [5.74, 6) is 1.18. The molecule has 0 atom stereocenters. The van der Waals surface area contributed by atoms with Crippen LogP contribution in [-0.2, 0) is 0 Å². The van der Waals surface area contributed by atoms with Gasteiger partial charge < -0.3 is 14.7 Å². The van der Waals surface area contributed by atoms with Crippen molar-refractivity contribution in [2.45, 2.75) is 0 Å². The van der Waals surface area contributed by atoms with Gasteiger partial charge in [-0.15, -0.1) is 6.58 Å². The van der Waals surface area contributed by atoms with Crippen molar-refractivity contribution in [3.63, 3.8) is 0 Å². The van der Waals surface area contributed by atoms with Crippen molar-refractivity contribution in [1.29, 1.82) is 0 Å². The van der Waals surface area contributed by atoms with Gasteiger partial charge in [-0.3, -0.25) is 0 Å². The normalized spacial score (nSPS) is 10.7. The topological polar surface area (TPSA) is 79.6 Å². The van der Waals surface area contributed by atoms with Crippen LogP contribution in [0, 0.1) is 0 Å². The van der Waals surface area contributed by atoms with Crippen molar-refractivity contribution < 1.29 is 4.42 Å². The summed E-state index contributed by atoms with van der Waals surface area (Å²) in [5.41, 5.74) is 2.05. The number of hydrogen-bond acceptors (Lipinski definition) is 5. The van der Waals surface area contributed by atoms with E-state index in [2.05, 4.69) is 31.8 Å². The number of nitrogens with zero attached hydrogens (tertiary/aromatic N) is 3. The van der Waals surface area contributed by atoms with Gasteiger partial charge in [0.05, 0.1) is 12.6 Å².